The Labute approximate surface area is 221 Å². The van der Waals surface area contributed by atoms with E-state index in [1.54, 1.807) is 36.4 Å². The molecule has 0 aliphatic carbocycles. The van der Waals surface area contributed by atoms with Crippen molar-refractivity contribution < 1.29 is 19.4 Å². The Morgan fingerprint density at radius 3 is 2.46 bits per heavy atom. The number of benzene rings is 2. The first-order valence-corrected chi connectivity index (χ1v) is 13.3. The summed E-state index contributed by atoms with van der Waals surface area (Å²) in [7, 11) is 0. The van der Waals surface area contributed by atoms with Gasteiger partial charge in [-0.2, -0.15) is 0 Å². The fourth-order valence-electron chi connectivity index (χ4n) is 4.00. The number of aliphatic hydroxyl groups excluding tert-OH is 1. The van der Waals surface area contributed by atoms with Gasteiger partial charge >= 0.3 is 5.91 Å². The van der Waals surface area contributed by atoms with E-state index in [1.807, 2.05) is 37.3 Å². The number of Topliss-reactive ketones (excluding diaryl/α,β-unsaturated/α-hetero) is 1. The number of ether oxygens (including phenoxy) is 1. The molecule has 1 amide bonds. The van der Waals surface area contributed by atoms with Gasteiger partial charge in [0.15, 0.2) is 4.34 Å². The average Bonchev–Trinajstić information content (AvgIpc) is 3.51. The number of pyridine rings is 1. The van der Waals surface area contributed by atoms with Crippen molar-refractivity contribution in [3.8, 4) is 5.75 Å². The Balaban J connectivity index is 1.54. The minimum absolute atomic E-state index is 0.0194. The molecule has 0 saturated carbocycles. The molecule has 10 heteroatoms. The third-order valence-electron chi connectivity index (χ3n) is 5.71. The number of rotatable bonds is 8. The quantitative estimate of drug-likeness (QED) is 0.108. The number of nitrogens with zero attached hydrogens (tertiary/aromatic N) is 4. The maximum atomic E-state index is 13.3. The lowest BCUT2D eigenvalue weighted by atomic mass is 9.95. The molecule has 5 rings (SSSR count). The van der Waals surface area contributed by atoms with Crippen molar-refractivity contribution in [2.45, 2.75) is 23.1 Å². The minimum Gasteiger partial charge on any atom is -0.507 e. The number of anilines is 1. The Bertz CT molecular complexity index is 1440. The van der Waals surface area contributed by atoms with Crippen LogP contribution in [0.25, 0.3) is 5.76 Å². The first-order chi connectivity index (χ1) is 18.1. The molecule has 186 valence electrons. The molecule has 3 heterocycles. The Morgan fingerprint density at radius 1 is 1.03 bits per heavy atom. The van der Waals surface area contributed by atoms with E-state index >= 15 is 0 Å². The van der Waals surface area contributed by atoms with Crippen molar-refractivity contribution in [2.75, 3.05) is 11.5 Å². The molecule has 1 saturated heterocycles. The van der Waals surface area contributed by atoms with Crippen molar-refractivity contribution in [3.05, 3.63) is 101 Å². The number of hydrogen-bond acceptors (Lipinski definition) is 9. The standard InChI is InChI=1S/C27H22N4O4S2/c1-2-35-20-10-8-18(9-11-20)22-21(23(32)19-12-14-28-15-13-19)24(33)25(34)31(22)26-29-30-27(37-26)36-16-17-6-4-3-5-7-17/h3-15,22,32H,2,16H2,1H3. The molecule has 1 N–H and O–H groups in total. The van der Waals surface area contributed by atoms with E-state index in [1.165, 1.54) is 40.4 Å². The number of hydrogen-bond donors (Lipinski definition) is 1. The van der Waals surface area contributed by atoms with Crippen LogP contribution < -0.4 is 9.64 Å². The molecule has 8 nitrogen and oxygen atoms in total. The van der Waals surface area contributed by atoms with E-state index < -0.39 is 17.7 Å². The van der Waals surface area contributed by atoms with Crippen LogP contribution in [0.1, 0.15) is 29.7 Å². The van der Waals surface area contributed by atoms with Gasteiger partial charge < -0.3 is 9.84 Å². The monoisotopic (exact) mass is 530 g/mol. The zero-order valence-electron chi connectivity index (χ0n) is 19.8. The molecular formula is C27H22N4O4S2. The number of carbonyl (C=O) groups is 2. The van der Waals surface area contributed by atoms with Crippen LogP contribution >= 0.6 is 23.1 Å². The topological polar surface area (TPSA) is 106 Å². The summed E-state index contributed by atoms with van der Waals surface area (Å²) in [5.41, 5.74) is 2.14. The maximum Gasteiger partial charge on any atom is 0.301 e. The Morgan fingerprint density at radius 2 is 1.76 bits per heavy atom. The summed E-state index contributed by atoms with van der Waals surface area (Å²) >= 11 is 2.73. The highest BCUT2D eigenvalue weighted by Crippen LogP contribution is 2.44. The second kappa shape index (κ2) is 10.9. The van der Waals surface area contributed by atoms with Gasteiger partial charge in [0.05, 0.1) is 18.2 Å². The van der Waals surface area contributed by atoms with Crippen LogP contribution in [-0.4, -0.2) is 38.6 Å². The fourth-order valence-corrected chi connectivity index (χ4v) is 5.82. The van der Waals surface area contributed by atoms with Gasteiger partial charge in [-0.3, -0.25) is 19.5 Å². The van der Waals surface area contributed by atoms with Crippen molar-refractivity contribution >= 4 is 45.7 Å². The lowest BCUT2D eigenvalue weighted by Gasteiger charge is -2.22. The molecule has 1 unspecified atom stereocenters. The third kappa shape index (κ3) is 5.11. The number of amides is 1. The summed E-state index contributed by atoms with van der Waals surface area (Å²) in [4.78, 5) is 31.9. The second-order valence-electron chi connectivity index (χ2n) is 8.03. The third-order valence-corrected chi connectivity index (χ3v) is 7.84. The molecular weight excluding hydrogens is 508 g/mol. The molecule has 1 aliphatic heterocycles. The van der Waals surface area contributed by atoms with Gasteiger partial charge in [0.2, 0.25) is 5.13 Å². The highest BCUT2D eigenvalue weighted by atomic mass is 32.2. The first kappa shape index (κ1) is 24.7. The van der Waals surface area contributed by atoms with Gasteiger partial charge in [0.1, 0.15) is 11.5 Å². The number of carbonyl (C=O) groups excluding carboxylic acids is 2. The van der Waals surface area contributed by atoms with Crippen LogP contribution in [0.5, 0.6) is 5.75 Å². The summed E-state index contributed by atoms with van der Waals surface area (Å²) in [6.07, 6.45) is 3.02. The summed E-state index contributed by atoms with van der Waals surface area (Å²) in [6, 6.07) is 19.3. The molecule has 1 aliphatic rings. The summed E-state index contributed by atoms with van der Waals surface area (Å²) in [6.45, 7) is 2.40. The predicted molar refractivity (Wildman–Crippen MR) is 143 cm³/mol. The summed E-state index contributed by atoms with van der Waals surface area (Å²) in [5.74, 6) is -0.483. The van der Waals surface area contributed by atoms with E-state index in [4.69, 9.17) is 4.74 Å². The van der Waals surface area contributed by atoms with Gasteiger partial charge in [-0.15, -0.1) is 10.2 Å². The van der Waals surface area contributed by atoms with Gasteiger partial charge in [-0.1, -0.05) is 65.6 Å². The van der Waals surface area contributed by atoms with Crippen molar-refractivity contribution in [3.63, 3.8) is 0 Å². The molecule has 1 fully saturated rings. The lowest BCUT2D eigenvalue weighted by Crippen LogP contribution is -2.29. The largest absolute Gasteiger partial charge is 0.507 e. The first-order valence-electron chi connectivity index (χ1n) is 11.5. The van der Waals surface area contributed by atoms with E-state index in [2.05, 4.69) is 15.2 Å². The van der Waals surface area contributed by atoms with E-state index in [0.29, 0.717) is 33.6 Å². The number of aromatic nitrogens is 3. The van der Waals surface area contributed by atoms with Crippen LogP contribution in [0.15, 0.2) is 89.0 Å². The molecule has 1 atom stereocenters. The lowest BCUT2D eigenvalue weighted by molar-refractivity contribution is -0.132. The number of thioether (sulfide) groups is 1. The molecule has 0 radical (unpaired) electrons. The van der Waals surface area contributed by atoms with Crippen molar-refractivity contribution in [1.29, 1.82) is 0 Å². The second-order valence-corrected chi connectivity index (χ2v) is 10.2. The summed E-state index contributed by atoms with van der Waals surface area (Å²) < 4.78 is 6.22. The highest BCUT2D eigenvalue weighted by Gasteiger charge is 2.48. The Hall–Kier alpha value is -4.02. The molecule has 0 spiro atoms. The molecule has 2 aromatic carbocycles. The normalized spacial score (nSPS) is 16.8. The van der Waals surface area contributed by atoms with Gasteiger partial charge in [-0.05, 0) is 42.3 Å². The molecule has 4 aromatic rings. The van der Waals surface area contributed by atoms with Gasteiger partial charge in [-0.25, -0.2) is 0 Å². The SMILES string of the molecule is CCOc1ccc(C2C(=C(O)c3ccncc3)C(=O)C(=O)N2c2nnc(SCc3ccccc3)s2)cc1. The van der Waals surface area contributed by atoms with Gasteiger partial charge in [0, 0.05) is 23.7 Å². The zero-order valence-corrected chi connectivity index (χ0v) is 21.4. The zero-order chi connectivity index (χ0) is 25.8. The van der Waals surface area contributed by atoms with E-state index in [-0.39, 0.29) is 16.5 Å². The van der Waals surface area contributed by atoms with Crippen LogP contribution in [0.2, 0.25) is 0 Å². The highest BCUT2D eigenvalue weighted by molar-refractivity contribution is 8.00. The van der Waals surface area contributed by atoms with E-state index in [9.17, 15) is 14.7 Å². The van der Waals surface area contributed by atoms with Crippen molar-refractivity contribution in [1.82, 2.24) is 15.2 Å². The Kier molecular flexibility index (Phi) is 7.29. The molecule has 0 bridgehead atoms. The minimum atomic E-state index is -0.885. The van der Waals surface area contributed by atoms with Crippen LogP contribution in [0.3, 0.4) is 0 Å². The molecule has 2 aromatic heterocycles. The number of aliphatic hydroxyl groups is 1. The predicted octanol–water partition coefficient (Wildman–Crippen LogP) is 5.25. The van der Waals surface area contributed by atoms with Crippen LogP contribution in [0, 0.1) is 0 Å². The van der Waals surface area contributed by atoms with Crippen LogP contribution in [-0.2, 0) is 15.3 Å². The fraction of sp³-hybridized carbons (Fsp3) is 0.148. The van der Waals surface area contributed by atoms with Crippen LogP contribution in [0.4, 0.5) is 5.13 Å². The summed E-state index contributed by atoms with van der Waals surface area (Å²) in [5, 5.41) is 19.9. The number of ketones is 1. The maximum absolute atomic E-state index is 13.3. The van der Waals surface area contributed by atoms with Crippen molar-refractivity contribution in [2.24, 2.45) is 0 Å². The van der Waals surface area contributed by atoms with Gasteiger partial charge in [0.25, 0.3) is 5.78 Å². The average molecular weight is 531 g/mol. The smallest absolute Gasteiger partial charge is 0.301 e. The van der Waals surface area contributed by atoms with E-state index in [0.717, 1.165) is 5.56 Å². The molecule has 37 heavy (non-hydrogen) atoms.